The molecule has 0 saturated carbocycles. The van der Waals surface area contributed by atoms with Gasteiger partial charge in [-0.2, -0.15) is 5.10 Å². The Morgan fingerprint density at radius 1 is 1.75 bits per heavy atom. The SMILES string of the molecule is C[C@H](Cn1cccn1)N[C@@H]1C[C@H](C)OC1=O. The van der Waals surface area contributed by atoms with Crippen molar-refractivity contribution in [2.75, 3.05) is 0 Å². The third kappa shape index (κ3) is 2.61. The van der Waals surface area contributed by atoms with Crippen LogP contribution in [0.3, 0.4) is 0 Å². The smallest absolute Gasteiger partial charge is 0.323 e. The van der Waals surface area contributed by atoms with Gasteiger partial charge in [-0.05, 0) is 19.9 Å². The van der Waals surface area contributed by atoms with Crippen LogP contribution in [0.1, 0.15) is 20.3 Å². The van der Waals surface area contributed by atoms with E-state index in [9.17, 15) is 4.79 Å². The average molecular weight is 223 g/mol. The Labute approximate surface area is 94.8 Å². The average Bonchev–Trinajstić information content (AvgIpc) is 2.78. The number of carbonyl (C=O) groups excluding carboxylic acids is 1. The monoisotopic (exact) mass is 223 g/mol. The van der Waals surface area contributed by atoms with Gasteiger partial charge >= 0.3 is 5.97 Å². The van der Waals surface area contributed by atoms with E-state index in [2.05, 4.69) is 10.4 Å². The number of hydrogen-bond acceptors (Lipinski definition) is 4. The van der Waals surface area contributed by atoms with Crippen LogP contribution in [0.25, 0.3) is 0 Å². The molecule has 1 fully saturated rings. The highest BCUT2D eigenvalue weighted by molar-refractivity contribution is 5.77. The summed E-state index contributed by atoms with van der Waals surface area (Å²) in [5, 5.41) is 7.39. The van der Waals surface area contributed by atoms with Crippen LogP contribution in [-0.2, 0) is 16.1 Å². The van der Waals surface area contributed by atoms with Crippen molar-refractivity contribution in [3.63, 3.8) is 0 Å². The van der Waals surface area contributed by atoms with Gasteiger partial charge in [-0.25, -0.2) is 0 Å². The van der Waals surface area contributed by atoms with Crippen LogP contribution in [0, 0.1) is 0 Å². The zero-order valence-corrected chi connectivity index (χ0v) is 9.59. The highest BCUT2D eigenvalue weighted by Gasteiger charge is 2.32. The molecule has 3 atom stereocenters. The Bertz CT molecular complexity index is 350. The van der Waals surface area contributed by atoms with Gasteiger partial charge in [0.1, 0.15) is 12.1 Å². The van der Waals surface area contributed by atoms with Gasteiger partial charge < -0.3 is 4.74 Å². The molecule has 1 aliphatic rings. The van der Waals surface area contributed by atoms with E-state index in [1.165, 1.54) is 0 Å². The summed E-state index contributed by atoms with van der Waals surface area (Å²) in [5.41, 5.74) is 0. The second kappa shape index (κ2) is 4.65. The molecule has 0 bridgehead atoms. The van der Waals surface area contributed by atoms with Gasteiger partial charge in [0, 0.05) is 24.9 Å². The van der Waals surface area contributed by atoms with Crippen molar-refractivity contribution in [1.82, 2.24) is 15.1 Å². The molecule has 0 unspecified atom stereocenters. The van der Waals surface area contributed by atoms with Crippen molar-refractivity contribution < 1.29 is 9.53 Å². The minimum atomic E-state index is -0.166. The molecule has 0 spiro atoms. The van der Waals surface area contributed by atoms with E-state index < -0.39 is 0 Å². The molecule has 1 aliphatic heterocycles. The molecule has 5 nitrogen and oxygen atoms in total. The molecule has 0 amide bonds. The third-order valence-corrected chi connectivity index (χ3v) is 2.68. The van der Waals surface area contributed by atoms with E-state index in [1.807, 2.05) is 30.8 Å². The van der Waals surface area contributed by atoms with Gasteiger partial charge in [0.15, 0.2) is 0 Å². The van der Waals surface area contributed by atoms with Crippen LogP contribution < -0.4 is 5.32 Å². The Morgan fingerprint density at radius 2 is 2.56 bits per heavy atom. The molecule has 1 saturated heterocycles. The van der Waals surface area contributed by atoms with E-state index in [0.717, 1.165) is 13.0 Å². The molecule has 0 aliphatic carbocycles. The largest absolute Gasteiger partial charge is 0.461 e. The minimum Gasteiger partial charge on any atom is -0.461 e. The maximum absolute atomic E-state index is 11.4. The molecule has 0 aromatic carbocycles. The molecule has 16 heavy (non-hydrogen) atoms. The zero-order chi connectivity index (χ0) is 11.5. The van der Waals surface area contributed by atoms with Crippen molar-refractivity contribution in [2.24, 2.45) is 0 Å². The number of nitrogens with one attached hydrogen (secondary N) is 1. The van der Waals surface area contributed by atoms with Crippen LogP contribution in [-0.4, -0.2) is 33.9 Å². The van der Waals surface area contributed by atoms with Crippen LogP contribution in [0.5, 0.6) is 0 Å². The summed E-state index contributed by atoms with van der Waals surface area (Å²) < 4.78 is 6.93. The Hall–Kier alpha value is -1.36. The van der Waals surface area contributed by atoms with Crippen molar-refractivity contribution in [3.05, 3.63) is 18.5 Å². The maximum atomic E-state index is 11.4. The Kier molecular flexibility index (Phi) is 3.24. The summed E-state index contributed by atoms with van der Waals surface area (Å²) in [4.78, 5) is 11.4. The summed E-state index contributed by atoms with van der Waals surface area (Å²) in [6, 6.07) is 1.92. The topological polar surface area (TPSA) is 56.1 Å². The number of rotatable bonds is 4. The normalized spacial score (nSPS) is 26.8. The van der Waals surface area contributed by atoms with Crippen LogP contribution in [0.2, 0.25) is 0 Å². The standard InChI is InChI=1S/C11H17N3O2/c1-8(7-14-5-3-4-12-14)13-10-6-9(2)16-11(10)15/h3-5,8-10,13H,6-7H2,1-2H3/t8-,9+,10-/m1/s1. The van der Waals surface area contributed by atoms with E-state index in [-0.39, 0.29) is 24.2 Å². The molecule has 1 aromatic rings. The predicted molar refractivity (Wildman–Crippen MR) is 58.8 cm³/mol. The minimum absolute atomic E-state index is 0.0295. The first-order valence-corrected chi connectivity index (χ1v) is 5.59. The molecule has 0 radical (unpaired) electrons. The van der Waals surface area contributed by atoms with Gasteiger partial charge in [-0.1, -0.05) is 0 Å². The lowest BCUT2D eigenvalue weighted by Gasteiger charge is -2.16. The van der Waals surface area contributed by atoms with Crippen molar-refractivity contribution in [1.29, 1.82) is 0 Å². The number of hydrogen-bond donors (Lipinski definition) is 1. The molecule has 2 heterocycles. The summed E-state index contributed by atoms with van der Waals surface area (Å²) in [5.74, 6) is -0.139. The van der Waals surface area contributed by atoms with Crippen molar-refractivity contribution >= 4 is 5.97 Å². The van der Waals surface area contributed by atoms with E-state index in [4.69, 9.17) is 4.74 Å². The maximum Gasteiger partial charge on any atom is 0.323 e. The lowest BCUT2D eigenvalue weighted by atomic mass is 10.1. The van der Waals surface area contributed by atoms with E-state index >= 15 is 0 Å². The molecule has 1 N–H and O–H groups in total. The fourth-order valence-electron chi connectivity index (χ4n) is 1.98. The summed E-state index contributed by atoms with van der Waals surface area (Å²) in [7, 11) is 0. The van der Waals surface area contributed by atoms with Gasteiger partial charge in [0.2, 0.25) is 0 Å². The highest BCUT2D eigenvalue weighted by atomic mass is 16.6. The number of aromatic nitrogens is 2. The van der Waals surface area contributed by atoms with E-state index in [1.54, 1.807) is 6.20 Å². The molecule has 2 rings (SSSR count). The summed E-state index contributed by atoms with van der Waals surface area (Å²) in [6.07, 6.45) is 4.44. The lowest BCUT2D eigenvalue weighted by Crippen LogP contribution is -2.41. The second-order valence-electron chi connectivity index (χ2n) is 4.33. The molecule has 1 aromatic heterocycles. The Morgan fingerprint density at radius 3 is 3.12 bits per heavy atom. The number of carbonyl (C=O) groups is 1. The Balaban J connectivity index is 1.83. The molecule has 88 valence electrons. The predicted octanol–water partition coefficient (Wildman–Crippen LogP) is 0.565. The molecular weight excluding hydrogens is 206 g/mol. The highest BCUT2D eigenvalue weighted by Crippen LogP contribution is 2.14. The quantitative estimate of drug-likeness (QED) is 0.758. The van der Waals surface area contributed by atoms with Gasteiger partial charge in [-0.3, -0.25) is 14.8 Å². The number of cyclic esters (lactones) is 1. The first-order chi connectivity index (χ1) is 7.65. The number of esters is 1. The van der Waals surface area contributed by atoms with Crippen LogP contribution >= 0.6 is 0 Å². The second-order valence-corrected chi connectivity index (χ2v) is 4.33. The van der Waals surface area contributed by atoms with Crippen LogP contribution in [0.4, 0.5) is 0 Å². The first-order valence-electron chi connectivity index (χ1n) is 5.59. The fraction of sp³-hybridized carbons (Fsp3) is 0.636. The van der Waals surface area contributed by atoms with Gasteiger partial charge in [0.05, 0.1) is 6.54 Å². The zero-order valence-electron chi connectivity index (χ0n) is 9.59. The lowest BCUT2D eigenvalue weighted by molar-refractivity contribution is -0.142. The number of ether oxygens (including phenoxy) is 1. The fourth-order valence-corrected chi connectivity index (χ4v) is 1.98. The molecule has 5 heteroatoms. The van der Waals surface area contributed by atoms with Crippen LogP contribution in [0.15, 0.2) is 18.5 Å². The first kappa shape index (κ1) is 11.1. The van der Waals surface area contributed by atoms with E-state index in [0.29, 0.717) is 0 Å². The third-order valence-electron chi connectivity index (χ3n) is 2.68. The van der Waals surface area contributed by atoms with Crippen molar-refractivity contribution in [3.8, 4) is 0 Å². The summed E-state index contributed by atoms with van der Waals surface area (Å²) >= 11 is 0. The van der Waals surface area contributed by atoms with Crippen molar-refractivity contribution in [2.45, 2.75) is 45.0 Å². The molecular formula is C11H17N3O2. The summed E-state index contributed by atoms with van der Waals surface area (Å²) in [6.45, 7) is 4.71. The van der Waals surface area contributed by atoms with Gasteiger partial charge in [-0.15, -0.1) is 0 Å². The van der Waals surface area contributed by atoms with Gasteiger partial charge in [0.25, 0.3) is 0 Å². The number of nitrogens with zero attached hydrogens (tertiary/aromatic N) is 2.